The molecule has 0 amide bonds. The topological polar surface area (TPSA) is 164 Å². The van der Waals surface area contributed by atoms with Crippen LogP contribution in [-0.4, -0.2) is 38.7 Å². The Labute approximate surface area is 251 Å². The van der Waals surface area contributed by atoms with Gasteiger partial charge in [-0.2, -0.15) is 20.2 Å². The summed E-state index contributed by atoms with van der Waals surface area (Å²) < 4.78 is 11.7. The summed E-state index contributed by atoms with van der Waals surface area (Å²) >= 11 is 6.02. The predicted octanol–water partition coefficient (Wildman–Crippen LogP) is 5.10. The van der Waals surface area contributed by atoms with Crippen molar-refractivity contribution in [2.45, 2.75) is 0 Å². The van der Waals surface area contributed by atoms with E-state index in [1.54, 1.807) is 62.8 Å². The minimum absolute atomic E-state index is 0.104. The molecule has 14 heteroatoms. The number of hydrogen-bond donors (Lipinski definition) is 4. The van der Waals surface area contributed by atoms with E-state index in [0.29, 0.717) is 33.5 Å². The van der Waals surface area contributed by atoms with E-state index in [-0.39, 0.29) is 35.1 Å². The fourth-order valence-corrected chi connectivity index (χ4v) is 4.02. The van der Waals surface area contributed by atoms with Crippen LogP contribution < -0.4 is 36.5 Å². The highest BCUT2D eigenvalue weighted by molar-refractivity contribution is 6.30. The summed E-state index contributed by atoms with van der Waals surface area (Å²) in [6.07, 6.45) is 0. The fourth-order valence-electron chi connectivity index (χ4n) is 3.89. The third-order valence-corrected chi connectivity index (χ3v) is 6.39. The van der Waals surface area contributed by atoms with Gasteiger partial charge in [-0.25, -0.2) is 4.98 Å². The summed E-state index contributed by atoms with van der Waals surface area (Å²) in [5.74, 6) is 2.08. The van der Waals surface area contributed by atoms with Crippen LogP contribution in [0.1, 0.15) is 5.56 Å². The molecule has 0 bridgehead atoms. The molecular weight excluding hydrogens is 572 g/mol. The summed E-state index contributed by atoms with van der Waals surface area (Å²) in [7, 11) is 4.67. The van der Waals surface area contributed by atoms with Crippen molar-refractivity contribution in [2.24, 2.45) is 7.05 Å². The number of hydrogen-bond acceptors (Lipinski definition) is 12. The number of nitrogens with zero attached hydrogens (tertiary/aromatic N) is 6. The van der Waals surface area contributed by atoms with Crippen molar-refractivity contribution >= 4 is 46.8 Å². The fraction of sp³-hybridized carbons (Fsp3) is 0.103. The molecule has 0 atom stereocenters. The van der Waals surface area contributed by atoms with Gasteiger partial charge in [-0.3, -0.25) is 20.2 Å². The zero-order chi connectivity index (χ0) is 30.3. The van der Waals surface area contributed by atoms with Crippen LogP contribution in [0, 0.1) is 11.3 Å². The van der Waals surface area contributed by atoms with E-state index >= 15 is 0 Å². The summed E-state index contributed by atoms with van der Waals surface area (Å²) in [6, 6.07) is 23.1. The van der Waals surface area contributed by atoms with Gasteiger partial charge in [0.2, 0.25) is 23.8 Å². The van der Waals surface area contributed by atoms with Gasteiger partial charge >= 0.3 is 0 Å². The molecule has 0 spiro atoms. The molecule has 2 heterocycles. The SMILES string of the molecule is COc1ccc(Nc2nc(NNc3nc(-c4ccc(Cl)cc4)c(C#N)c(=O)n3C)nc(Nc3ccc(OC)cc3)n2)cc1. The number of nitriles is 1. The smallest absolute Gasteiger partial charge is 0.273 e. The Kier molecular flexibility index (Phi) is 8.50. The number of methoxy groups -OCH3 is 2. The highest BCUT2D eigenvalue weighted by Gasteiger charge is 2.17. The van der Waals surface area contributed by atoms with Crippen LogP contribution in [0.3, 0.4) is 0 Å². The van der Waals surface area contributed by atoms with Gasteiger partial charge in [0.1, 0.15) is 23.1 Å². The van der Waals surface area contributed by atoms with Crippen molar-refractivity contribution < 1.29 is 9.47 Å². The Balaban J connectivity index is 1.46. The lowest BCUT2D eigenvalue weighted by atomic mass is 10.1. The van der Waals surface area contributed by atoms with Crippen LogP contribution in [0.25, 0.3) is 11.3 Å². The van der Waals surface area contributed by atoms with Crippen molar-refractivity contribution in [1.82, 2.24) is 24.5 Å². The van der Waals surface area contributed by atoms with E-state index in [1.807, 2.05) is 30.3 Å². The van der Waals surface area contributed by atoms with E-state index < -0.39 is 5.56 Å². The maximum absolute atomic E-state index is 13.0. The maximum atomic E-state index is 13.0. The Morgan fingerprint density at radius 3 is 1.74 bits per heavy atom. The molecule has 4 N–H and O–H groups in total. The van der Waals surface area contributed by atoms with Crippen LogP contribution in [0.2, 0.25) is 5.02 Å². The third-order valence-electron chi connectivity index (χ3n) is 6.13. The zero-order valence-corrected chi connectivity index (χ0v) is 24.0. The largest absolute Gasteiger partial charge is 0.497 e. The van der Waals surface area contributed by atoms with Crippen LogP contribution in [0.15, 0.2) is 77.6 Å². The molecule has 2 aromatic heterocycles. The Hall–Kier alpha value is -5.87. The van der Waals surface area contributed by atoms with Gasteiger partial charge < -0.3 is 20.1 Å². The molecule has 5 rings (SSSR count). The average molecular weight is 597 g/mol. The first-order valence-corrected chi connectivity index (χ1v) is 13.1. The maximum Gasteiger partial charge on any atom is 0.273 e. The van der Waals surface area contributed by atoms with Crippen molar-refractivity contribution in [1.29, 1.82) is 5.26 Å². The lowest BCUT2D eigenvalue weighted by molar-refractivity contribution is 0.415. The van der Waals surface area contributed by atoms with E-state index in [1.165, 1.54) is 11.6 Å². The van der Waals surface area contributed by atoms with Gasteiger partial charge in [0, 0.05) is 29.0 Å². The number of benzene rings is 3. The normalized spacial score (nSPS) is 10.4. The van der Waals surface area contributed by atoms with Crippen molar-refractivity contribution in [2.75, 3.05) is 35.7 Å². The van der Waals surface area contributed by atoms with E-state index in [0.717, 1.165) is 0 Å². The van der Waals surface area contributed by atoms with E-state index in [2.05, 4.69) is 41.4 Å². The Morgan fingerprint density at radius 2 is 1.26 bits per heavy atom. The second-order valence-corrected chi connectivity index (χ2v) is 9.34. The molecule has 216 valence electrons. The molecule has 0 fully saturated rings. The Bertz CT molecular complexity index is 1770. The van der Waals surface area contributed by atoms with Crippen LogP contribution in [0.5, 0.6) is 11.5 Å². The molecule has 13 nitrogen and oxygen atoms in total. The summed E-state index contributed by atoms with van der Waals surface area (Å²) in [4.78, 5) is 30.9. The molecule has 43 heavy (non-hydrogen) atoms. The monoisotopic (exact) mass is 596 g/mol. The van der Waals surface area contributed by atoms with Crippen LogP contribution in [-0.2, 0) is 7.05 Å². The van der Waals surface area contributed by atoms with Gasteiger partial charge in [-0.15, -0.1) is 0 Å². The van der Waals surface area contributed by atoms with E-state index in [9.17, 15) is 10.1 Å². The van der Waals surface area contributed by atoms with Gasteiger partial charge in [-0.1, -0.05) is 23.7 Å². The quantitative estimate of drug-likeness (QED) is 0.158. The van der Waals surface area contributed by atoms with Crippen LogP contribution in [0.4, 0.5) is 35.2 Å². The van der Waals surface area contributed by atoms with Crippen LogP contribution >= 0.6 is 11.6 Å². The van der Waals surface area contributed by atoms with Gasteiger partial charge in [0.15, 0.2) is 0 Å². The summed E-state index contributed by atoms with van der Waals surface area (Å²) in [6.45, 7) is 0. The molecule has 0 aliphatic rings. The minimum Gasteiger partial charge on any atom is -0.497 e. The average Bonchev–Trinajstić information content (AvgIpc) is 3.03. The number of anilines is 6. The Morgan fingerprint density at radius 1 is 0.744 bits per heavy atom. The van der Waals surface area contributed by atoms with Crippen molar-refractivity contribution in [3.63, 3.8) is 0 Å². The number of rotatable bonds is 10. The first kappa shape index (κ1) is 28.7. The number of aromatic nitrogens is 5. The molecule has 5 aromatic rings. The van der Waals surface area contributed by atoms with Gasteiger partial charge in [0.05, 0.1) is 19.9 Å². The zero-order valence-electron chi connectivity index (χ0n) is 23.2. The number of nitrogens with one attached hydrogen (secondary N) is 4. The first-order chi connectivity index (χ1) is 20.9. The molecule has 0 saturated carbocycles. The number of halogens is 1. The van der Waals surface area contributed by atoms with Crippen molar-refractivity contribution in [3.05, 3.63) is 93.7 Å². The van der Waals surface area contributed by atoms with Gasteiger partial charge in [-0.05, 0) is 60.7 Å². The van der Waals surface area contributed by atoms with Crippen molar-refractivity contribution in [3.8, 4) is 28.8 Å². The summed E-state index contributed by atoms with van der Waals surface area (Å²) in [5, 5.41) is 16.5. The highest BCUT2D eigenvalue weighted by atomic mass is 35.5. The molecule has 0 aliphatic carbocycles. The minimum atomic E-state index is -0.536. The summed E-state index contributed by atoms with van der Waals surface area (Å²) in [5.41, 5.74) is 7.31. The molecule has 0 unspecified atom stereocenters. The lowest BCUT2D eigenvalue weighted by Gasteiger charge is -2.15. The number of ether oxygens (including phenoxy) is 2. The molecule has 0 aliphatic heterocycles. The standard InChI is InChI=1S/C29H25ClN10O3/c1-40-25(41)23(16-31)24(17-4-6-18(30)7-5-17)34-29(40)39-38-28-36-26(32-19-8-12-21(42-2)13-9-19)35-27(37-28)33-20-10-14-22(43-3)15-11-20/h4-15H,1-3H3,(H,34,39)(H3,32,33,35,36,37,38). The first-order valence-electron chi connectivity index (χ1n) is 12.7. The molecular formula is C29H25ClN10O3. The number of hydrazine groups is 1. The van der Waals surface area contributed by atoms with Gasteiger partial charge in [0.25, 0.3) is 5.56 Å². The molecule has 3 aromatic carbocycles. The molecule has 0 radical (unpaired) electrons. The predicted molar refractivity (Wildman–Crippen MR) is 164 cm³/mol. The third kappa shape index (κ3) is 6.72. The second kappa shape index (κ2) is 12.8. The lowest BCUT2D eigenvalue weighted by Crippen LogP contribution is -2.27. The highest BCUT2D eigenvalue weighted by Crippen LogP contribution is 2.24. The molecule has 0 saturated heterocycles. The van der Waals surface area contributed by atoms with E-state index in [4.69, 9.17) is 21.1 Å². The second-order valence-electron chi connectivity index (χ2n) is 8.91.